The lowest BCUT2D eigenvalue weighted by Gasteiger charge is -2.10. The number of halogens is 1. The van der Waals surface area contributed by atoms with Crippen molar-refractivity contribution in [3.05, 3.63) is 46.8 Å². The highest BCUT2D eigenvalue weighted by Gasteiger charge is 2.10. The lowest BCUT2D eigenvalue weighted by molar-refractivity contribution is 0.783. The monoisotopic (exact) mass is 277 g/mol. The molecule has 2 rings (SSSR count). The van der Waals surface area contributed by atoms with Crippen molar-refractivity contribution in [3.8, 4) is 11.3 Å². The number of hydrogen-bond donors (Lipinski definition) is 1. The van der Waals surface area contributed by atoms with Crippen LogP contribution in [-0.4, -0.2) is 9.97 Å². The Bertz CT molecular complexity index is 480. The van der Waals surface area contributed by atoms with E-state index in [1.807, 2.05) is 31.2 Å². The summed E-state index contributed by atoms with van der Waals surface area (Å²) in [6.07, 6.45) is 3.52. The first-order chi connectivity index (χ1) is 7.68. The maximum atomic E-state index is 5.88. The van der Waals surface area contributed by atoms with Crippen molar-refractivity contribution >= 4 is 15.9 Å². The molecule has 4 heteroatoms. The van der Waals surface area contributed by atoms with Crippen molar-refractivity contribution in [3.63, 3.8) is 0 Å². The zero-order valence-electron chi connectivity index (χ0n) is 8.89. The van der Waals surface area contributed by atoms with E-state index in [1.54, 1.807) is 12.4 Å². The lowest BCUT2D eigenvalue weighted by Crippen LogP contribution is -2.09. The number of hydrogen-bond acceptors (Lipinski definition) is 3. The van der Waals surface area contributed by atoms with E-state index in [-0.39, 0.29) is 6.04 Å². The molecule has 82 valence electrons. The minimum atomic E-state index is -0.0957. The summed E-state index contributed by atoms with van der Waals surface area (Å²) in [5.41, 5.74) is 8.64. The van der Waals surface area contributed by atoms with Crippen LogP contribution < -0.4 is 5.73 Å². The lowest BCUT2D eigenvalue weighted by atomic mass is 10.1. The molecule has 2 N–H and O–H groups in total. The second-order valence-corrected chi connectivity index (χ2v) is 4.50. The van der Waals surface area contributed by atoms with Gasteiger partial charge < -0.3 is 5.73 Å². The molecule has 0 radical (unpaired) electrons. The number of pyridine rings is 2. The van der Waals surface area contributed by atoms with Crippen LogP contribution in [0.4, 0.5) is 0 Å². The molecule has 0 saturated carbocycles. The minimum Gasteiger partial charge on any atom is -0.323 e. The van der Waals surface area contributed by atoms with Crippen molar-refractivity contribution in [2.45, 2.75) is 13.0 Å². The van der Waals surface area contributed by atoms with Crippen LogP contribution in [0.1, 0.15) is 18.7 Å². The molecule has 3 nitrogen and oxygen atoms in total. The first-order valence-electron chi connectivity index (χ1n) is 5.01. The molecule has 1 unspecified atom stereocenters. The first-order valence-corrected chi connectivity index (χ1v) is 5.80. The molecule has 0 aromatic carbocycles. The van der Waals surface area contributed by atoms with Crippen molar-refractivity contribution in [1.29, 1.82) is 0 Å². The Hall–Kier alpha value is -1.26. The van der Waals surface area contributed by atoms with Gasteiger partial charge in [-0.3, -0.25) is 9.97 Å². The van der Waals surface area contributed by atoms with Gasteiger partial charge in [0.05, 0.1) is 11.4 Å². The molecule has 0 aliphatic carbocycles. The highest BCUT2D eigenvalue weighted by atomic mass is 79.9. The quantitative estimate of drug-likeness (QED) is 0.918. The van der Waals surface area contributed by atoms with E-state index < -0.39 is 0 Å². The number of aromatic nitrogens is 2. The second-order valence-electron chi connectivity index (χ2n) is 3.59. The summed E-state index contributed by atoms with van der Waals surface area (Å²) in [4.78, 5) is 8.65. The molecule has 1 atom stereocenters. The minimum absolute atomic E-state index is 0.0957. The van der Waals surface area contributed by atoms with Gasteiger partial charge in [0, 0.05) is 28.5 Å². The largest absolute Gasteiger partial charge is 0.323 e. The predicted molar refractivity (Wildman–Crippen MR) is 67.8 cm³/mol. The van der Waals surface area contributed by atoms with Crippen molar-refractivity contribution in [1.82, 2.24) is 9.97 Å². The molecule has 0 aliphatic rings. The van der Waals surface area contributed by atoms with Gasteiger partial charge in [-0.2, -0.15) is 0 Å². The van der Waals surface area contributed by atoms with Gasteiger partial charge in [0.1, 0.15) is 0 Å². The zero-order chi connectivity index (χ0) is 11.5. The topological polar surface area (TPSA) is 51.8 Å². The van der Waals surface area contributed by atoms with E-state index in [9.17, 15) is 0 Å². The third-order valence-electron chi connectivity index (χ3n) is 2.27. The Balaban J connectivity index is 2.51. The molecule has 0 fully saturated rings. The molecule has 2 heterocycles. The molecule has 0 aliphatic heterocycles. The maximum Gasteiger partial charge on any atom is 0.0721 e. The third kappa shape index (κ3) is 2.28. The van der Waals surface area contributed by atoms with Crippen LogP contribution in [0, 0.1) is 0 Å². The van der Waals surface area contributed by atoms with Gasteiger partial charge >= 0.3 is 0 Å². The van der Waals surface area contributed by atoms with Gasteiger partial charge in [0.15, 0.2) is 0 Å². The van der Waals surface area contributed by atoms with Crippen LogP contribution in [0.25, 0.3) is 11.3 Å². The fraction of sp³-hybridized carbons (Fsp3) is 0.167. The summed E-state index contributed by atoms with van der Waals surface area (Å²) in [5.74, 6) is 0. The van der Waals surface area contributed by atoms with E-state index in [2.05, 4.69) is 25.9 Å². The van der Waals surface area contributed by atoms with E-state index in [0.29, 0.717) is 0 Å². The first kappa shape index (κ1) is 11.2. The van der Waals surface area contributed by atoms with E-state index >= 15 is 0 Å². The van der Waals surface area contributed by atoms with E-state index in [1.165, 1.54) is 0 Å². The Kier molecular flexibility index (Phi) is 3.31. The summed E-state index contributed by atoms with van der Waals surface area (Å²) in [7, 11) is 0. The maximum absolute atomic E-state index is 5.88. The standard InChI is InChI=1S/C12H12BrN3/c1-8(14)12-10(3-2-6-15-12)11-5-4-9(13)7-16-11/h2-8H,14H2,1H3. The van der Waals surface area contributed by atoms with Crippen molar-refractivity contribution in [2.24, 2.45) is 5.73 Å². The average molecular weight is 278 g/mol. The molecule has 0 saturated heterocycles. The van der Waals surface area contributed by atoms with E-state index in [4.69, 9.17) is 5.73 Å². The molecular formula is C12H12BrN3. The van der Waals surface area contributed by atoms with Crippen molar-refractivity contribution in [2.75, 3.05) is 0 Å². The predicted octanol–water partition coefficient (Wildman–Crippen LogP) is 2.93. The highest BCUT2D eigenvalue weighted by Crippen LogP contribution is 2.24. The fourth-order valence-corrected chi connectivity index (χ4v) is 1.77. The molecule has 2 aromatic rings. The highest BCUT2D eigenvalue weighted by molar-refractivity contribution is 9.10. The van der Waals surface area contributed by atoms with Crippen LogP contribution in [0.15, 0.2) is 41.1 Å². The molecular weight excluding hydrogens is 266 g/mol. The van der Waals surface area contributed by atoms with Gasteiger partial charge in [-0.15, -0.1) is 0 Å². The Morgan fingerprint density at radius 2 is 2.06 bits per heavy atom. The number of nitrogens with zero attached hydrogens (tertiary/aromatic N) is 2. The summed E-state index contributed by atoms with van der Waals surface area (Å²) in [6.45, 7) is 1.92. The second kappa shape index (κ2) is 4.72. The average Bonchev–Trinajstić information content (AvgIpc) is 2.30. The fourth-order valence-electron chi connectivity index (χ4n) is 1.53. The summed E-state index contributed by atoms with van der Waals surface area (Å²) >= 11 is 3.36. The SMILES string of the molecule is CC(N)c1ncccc1-c1ccc(Br)cn1. The number of nitrogens with two attached hydrogens (primary N) is 1. The third-order valence-corrected chi connectivity index (χ3v) is 2.74. The van der Waals surface area contributed by atoms with Gasteiger partial charge in [-0.1, -0.05) is 0 Å². The molecule has 0 spiro atoms. The van der Waals surface area contributed by atoms with Crippen LogP contribution in [0.5, 0.6) is 0 Å². The molecule has 0 amide bonds. The molecule has 2 aromatic heterocycles. The summed E-state index contributed by atoms with van der Waals surface area (Å²) in [5, 5.41) is 0. The van der Waals surface area contributed by atoms with Gasteiger partial charge in [0.2, 0.25) is 0 Å². The normalized spacial score (nSPS) is 12.4. The number of rotatable bonds is 2. The van der Waals surface area contributed by atoms with E-state index in [0.717, 1.165) is 21.4 Å². The van der Waals surface area contributed by atoms with Crippen LogP contribution in [0.2, 0.25) is 0 Å². The molecule has 16 heavy (non-hydrogen) atoms. The Morgan fingerprint density at radius 1 is 1.25 bits per heavy atom. The van der Waals surface area contributed by atoms with Gasteiger partial charge in [0.25, 0.3) is 0 Å². The summed E-state index contributed by atoms with van der Waals surface area (Å²) in [6, 6.07) is 7.70. The smallest absolute Gasteiger partial charge is 0.0721 e. The molecule has 0 bridgehead atoms. The Labute approximate surface area is 103 Å². The van der Waals surface area contributed by atoms with Crippen LogP contribution in [0.3, 0.4) is 0 Å². The summed E-state index contributed by atoms with van der Waals surface area (Å²) < 4.78 is 0.961. The Morgan fingerprint density at radius 3 is 2.69 bits per heavy atom. The van der Waals surface area contributed by atoms with Gasteiger partial charge in [-0.25, -0.2) is 0 Å². The van der Waals surface area contributed by atoms with Crippen LogP contribution in [-0.2, 0) is 0 Å². The zero-order valence-corrected chi connectivity index (χ0v) is 10.5. The van der Waals surface area contributed by atoms with Crippen LogP contribution >= 0.6 is 15.9 Å². The van der Waals surface area contributed by atoms with Gasteiger partial charge in [-0.05, 0) is 47.1 Å². The van der Waals surface area contributed by atoms with Crippen molar-refractivity contribution < 1.29 is 0 Å².